The van der Waals surface area contributed by atoms with Crippen LogP contribution in [0.2, 0.25) is 0 Å². The maximum Gasteiger partial charge on any atom is 0.0401 e. The summed E-state index contributed by atoms with van der Waals surface area (Å²) in [7, 11) is 0. The second-order valence-electron chi connectivity index (χ2n) is 4.24. The average Bonchev–Trinajstić information content (AvgIpc) is 2.15. The molecule has 0 saturated carbocycles. The van der Waals surface area contributed by atoms with Gasteiger partial charge in [0.25, 0.3) is 0 Å². The van der Waals surface area contributed by atoms with E-state index in [0.717, 1.165) is 12.5 Å². The second kappa shape index (κ2) is 5.40. The fourth-order valence-electron chi connectivity index (χ4n) is 1.71. The summed E-state index contributed by atoms with van der Waals surface area (Å²) in [5.41, 5.74) is 5.71. The standard InChI is InChI=1S/C11H22N2/c1-10(2)6-8-13-7-4-3-5-11(13)9-12/h3,5,10-11H,4,6-9,12H2,1-2H3. The van der Waals surface area contributed by atoms with Crippen molar-refractivity contribution < 1.29 is 0 Å². The van der Waals surface area contributed by atoms with Gasteiger partial charge in [-0.25, -0.2) is 0 Å². The van der Waals surface area contributed by atoms with Gasteiger partial charge in [-0.05, 0) is 25.3 Å². The first-order valence-electron chi connectivity index (χ1n) is 5.35. The van der Waals surface area contributed by atoms with Gasteiger partial charge in [-0.3, -0.25) is 4.90 Å². The van der Waals surface area contributed by atoms with E-state index < -0.39 is 0 Å². The molecule has 2 nitrogen and oxygen atoms in total. The highest BCUT2D eigenvalue weighted by Crippen LogP contribution is 2.11. The molecule has 1 aliphatic heterocycles. The van der Waals surface area contributed by atoms with Crippen molar-refractivity contribution in [2.75, 3.05) is 19.6 Å². The predicted octanol–water partition coefficient (Wildman–Crippen LogP) is 1.62. The average molecular weight is 182 g/mol. The van der Waals surface area contributed by atoms with Crippen LogP contribution in [0.5, 0.6) is 0 Å². The van der Waals surface area contributed by atoms with E-state index >= 15 is 0 Å². The highest BCUT2D eigenvalue weighted by molar-refractivity contribution is 5.00. The van der Waals surface area contributed by atoms with Gasteiger partial charge in [0.05, 0.1) is 0 Å². The van der Waals surface area contributed by atoms with Crippen molar-refractivity contribution in [3.8, 4) is 0 Å². The Morgan fingerprint density at radius 3 is 2.92 bits per heavy atom. The highest BCUT2D eigenvalue weighted by Gasteiger charge is 2.16. The van der Waals surface area contributed by atoms with Crippen molar-refractivity contribution >= 4 is 0 Å². The van der Waals surface area contributed by atoms with E-state index in [2.05, 4.69) is 30.9 Å². The Labute approximate surface area is 81.8 Å². The summed E-state index contributed by atoms with van der Waals surface area (Å²) < 4.78 is 0. The Hall–Kier alpha value is -0.340. The molecule has 1 atom stereocenters. The Balaban J connectivity index is 2.34. The van der Waals surface area contributed by atoms with E-state index in [0.29, 0.717) is 6.04 Å². The molecule has 2 N–H and O–H groups in total. The van der Waals surface area contributed by atoms with Gasteiger partial charge in [-0.1, -0.05) is 26.0 Å². The van der Waals surface area contributed by atoms with Crippen LogP contribution in [0.15, 0.2) is 12.2 Å². The van der Waals surface area contributed by atoms with Gasteiger partial charge < -0.3 is 5.73 Å². The van der Waals surface area contributed by atoms with Crippen molar-refractivity contribution in [3.63, 3.8) is 0 Å². The molecule has 0 amide bonds. The summed E-state index contributed by atoms with van der Waals surface area (Å²) in [6, 6.07) is 0.493. The number of rotatable bonds is 4. The van der Waals surface area contributed by atoms with Crippen LogP contribution in [0.25, 0.3) is 0 Å². The van der Waals surface area contributed by atoms with Crippen LogP contribution in [0, 0.1) is 5.92 Å². The summed E-state index contributed by atoms with van der Waals surface area (Å²) in [5, 5.41) is 0. The number of hydrogen-bond acceptors (Lipinski definition) is 2. The molecule has 0 saturated heterocycles. The van der Waals surface area contributed by atoms with Crippen molar-refractivity contribution in [2.45, 2.75) is 32.7 Å². The monoisotopic (exact) mass is 182 g/mol. The normalized spacial score (nSPS) is 24.2. The molecule has 0 aliphatic carbocycles. The third kappa shape index (κ3) is 3.49. The van der Waals surface area contributed by atoms with Crippen LogP contribution >= 0.6 is 0 Å². The fraction of sp³-hybridized carbons (Fsp3) is 0.818. The van der Waals surface area contributed by atoms with Gasteiger partial charge in [0, 0.05) is 19.1 Å². The van der Waals surface area contributed by atoms with Crippen LogP contribution in [0.4, 0.5) is 0 Å². The van der Waals surface area contributed by atoms with Gasteiger partial charge >= 0.3 is 0 Å². The van der Waals surface area contributed by atoms with Crippen molar-refractivity contribution in [1.29, 1.82) is 0 Å². The molecule has 1 aliphatic rings. The maximum atomic E-state index is 5.71. The maximum absolute atomic E-state index is 5.71. The minimum Gasteiger partial charge on any atom is -0.329 e. The zero-order valence-corrected chi connectivity index (χ0v) is 8.87. The SMILES string of the molecule is CC(C)CCN1CCC=CC1CN. The molecule has 0 aromatic heterocycles. The van der Waals surface area contributed by atoms with E-state index in [1.54, 1.807) is 0 Å². The van der Waals surface area contributed by atoms with Crippen molar-refractivity contribution in [1.82, 2.24) is 4.90 Å². The summed E-state index contributed by atoms with van der Waals surface area (Å²) >= 11 is 0. The molecule has 0 aromatic rings. The molecule has 2 heteroatoms. The molecule has 13 heavy (non-hydrogen) atoms. The molecule has 0 aromatic carbocycles. The van der Waals surface area contributed by atoms with E-state index in [1.165, 1.54) is 25.9 Å². The summed E-state index contributed by atoms with van der Waals surface area (Å²) in [5.74, 6) is 0.796. The third-order valence-electron chi connectivity index (χ3n) is 2.65. The number of nitrogens with two attached hydrogens (primary N) is 1. The smallest absolute Gasteiger partial charge is 0.0401 e. The first-order chi connectivity index (χ1) is 6.24. The van der Waals surface area contributed by atoms with Gasteiger partial charge in [0.2, 0.25) is 0 Å². The molecule has 76 valence electrons. The fourth-order valence-corrected chi connectivity index (χ4v) is 1.71. The summed E-state index contributed by atoms with van der Waals surface area (Å²) in [6.07, 6.45) is 6.98. The zero-order chi connectivity index (χ0) is 9.68. The molecule has 1 heterocycles. The Bertz CT molecular complexity index is 163. The van der Waals surface area contributed by atoms with Crippen molar-refractivity contribution in [2.24, 2.45) is 11.7 Å². The van der Waals surface area contributed by atoms with Gasteiger partial charge in [0.1, 0.15) is 0 Å². The molecule has 0 fully saturated rings. The van der Waals surface area contributed by atoms with E-state index in [1.807, 2.05) is 0 Å². The summed E-state index contributed by atoms with van der Waals surface area (Å²) in [4.78, 5) is 2.50. The second-order valence-corrected chi connectivity index (χ2v) is 4.24. The van der Waals surface area contributed by atoms with Gasteiger partial charge in [-0.2, -0.15) is 0 Å². The Morgan fingerprint density at radius 2 is 2.31 bits per heavy atom. The van der Waals surface area contributed by atoms with Crippen molar-refractivity contribution in [3.05, 3.63) is 12.2 Å². The van der Waals surface area contributed by atoms with E-state index in [-0.39, 0.29) is 0 Å². The topological polar surface area (TPSA) is 29.3 Å². The van der Waals surface area contributed by atoms with Crippen LogP contribution in [0.1, 0.15) is 26.7 Å². The number of nitrogens with zero attached hydrogens (tertiary/aromatic N) is 1. The quantitative estimate of drug-likeness (QED) is 0.669. The van der Waals surface area contributed by atoms with Crippen LogP contribution in [-0.2, 0) is 0 Å². The Morgan fingerprint density at radius 1 is 1.54 bits per heavy atom. The van der Waals surface area contributed by atoms with E-state index in [4.69, 9.17) is 5.73 Å². The zero-order valence-electron chi connectivity index (χ0n) is 8.87. The minimum absolute atomic E-state index is 0.493. The lowest BCUT2D eigenvalue weighted by Gasteiger charge is -2.31. The molecule has 0 bridgehead atoms. The first-order valence-corrected chi connectivity index (χ1v) is 5.35. The lowest BCUT2D eigenvalue weighted by molar-refractivity contribution is 0.215. The molecule has 0 spiro atoms. The number of hydrogen-bond donors (Lipinski definition) is 1. The first kappa shape index (κ1) is 10.7. The highest BCUT2D eigenvalue weighted by atomic mass is 15.2. The molecule has 1 rings (SSSR count). The van der Waals surface area contributed by atoms with Gasteiger partial charge in [-0.15, -0.1) is 0 Å². The van der Waals surface area contributed by atoms with Gasteiger partial charge in [0.15, 0.2) is 0 Å². The van der Waals surface area contributed by atoms with Crippen LogP contribution in [0.3, 0.4) is 0 Å². The largest absolute Gasteiger partial charge is 0.329 e. The molecular weight excluding hydrogens is 160 g/mol. The Kier molecular flexibility index (Phi) is 4.46. The summed E-state index contributed by atoms with van der Waals surface area (Å²) in [6.45, 7) is 7.69. The lowest BCUT2D eigenvalue weighted by atomic mass is 10.1. The van der Waals surface area contributed by atoms with Crippen LogP contribution in [-0.4, -0.2) is 30.6 Å². The molecule has 1 unspecified atom stereocenters. The molecule has 0 radical (unpaired) electrons. The third-order valence-corrected chi connectivity index (χ3v) is 2.65. The predicted molar refractivity (Wildman–Crippen MR) is 57.6 cm³/mol. The molecular formula is C11H22N2. The van der Waals surface area contributed by atoms with Crippen LogP contribution < -0.4 is 5.73 Å². The van der Waals surface area contributed by atoms with E-state index in [9.17, 15) is 0 Å². The lowest BCUT2D eigenvalue weighted by Crippen LogP contribution is -2.42. The minimum atomic E-state index is 0.493.